The first-order valence-corrected chi connectivity index (χ1v) is 4.95. The van der Waals surface area contributed by atoms with Crippen LogP contribution in [0, 0.1) is 0 Å². The Morgan fingerprint density at radius 3 is 1.42 bits per heavy atom. The molecule has 0 aliphatic carbocycles. The van der Waals surface area contributed by atoms with Crippen LogP contribution in [-0.4, -0.2) is 0 Å². The van der Waals surface area contributed by atoms with E-state index in [9.17, 15) is 0 Å². The minimum absolute atomic E-state index is 1.16. The van der Waals surface area contributed by atoms with Crippen molar-refractivity contribution in [2.45, 2.75) is 40.5 Å². The topological polar surface area (TPSA) is 0 Å². The van der Waals surface area contributed by atoms with Gasteiger partial charge in [-0.1, -0.05) is 52.0 Å². The second kappa shape index (κ2) is 6.90. The summed E-state index contributed by atoms with van der Waals surface area (Å²) in [6.07, 6.45) is 2.31. The second-order valence-electron chi connectivity index (χ2n) is 2.48. The molecule has 1 aromatic rings. The fourth-order valence-electron chi connectivity index (χ4n) is 1.25. The third-order valence-electron chi connectivity index (χ3n) is 1.88. The van der Waals surface area contributed by atoms with Gasteiger partial charge < -0.3 is 0 Å². The van der Waals surface area contributed by atoms with Crippen LogP contribution in [0.5, 0.6) is 0 Å². The Labute approximate surface area is 76.6 Å². The van der Waals surface area contributed by atoms with E-state index in [1.165, 1.54) is 11.1 Å². The van der Waals surface area contributed by atoms with Crippen molar-refractivity contribution in [1.29, 1.82) is 0 Å². The van der Waals surface area contributed by atoms with Crippen LogP contribution in [0.1, 0.15) is 38.8 Å². The van der Waals surface area contributed by atoms with Crippen molar-refractivity contribution in [2.24, 2.45) is 0 Å². The number of hydrogen-bond acceptors (Lipinski definition) is 0. The van der Waals surface area contributed by atoms with Crippen molar-refractivity contribution >= 4 is 0 Å². The number of hydrogen-bond donors (Lipinski definition) is 0. The van der Waals surface area contributed by atoms with Gasteiger partial charge in [-0.05, 0) is 24.0 Å². The molecular weight excluding hydrogens is 144 g/mol. The first-order chi connectivity index (χ1) is 5.88. The molecule has 1 rings (SSSR count). The summed E-state index contributed by atoms with van der Waals surface area (Å²) in [6.45, 7) is 8.41. The smallest absolute Gasteiger partial charge is 0.0305 e. The van der Waals surface area contributed by atoms with Gasteiger partial charge >= 0.3 is 0 Å². The average Bonchev–Trinajstić information content (AvgIpc) is 2.20. The molecule has 0 saturated carbocycles. The maximum atomic E-state index is 2.21. The third kappa shape index (κ3) is 3.08. The molecule has 0 heterocycles. The van der Waals surface area contributed by atoms with Crippen LogP contribution in [0.25, 0.3) is 0 Å². The van der Waals surface area contributed by atoms with Gasteiger partial charge in [0.05, 0.1) is 0 Å². The molecule has 0 heteroatoms. The molecule has 68 valence electrons. The molecular formula is C12H20. The highest BCUT2D eigenvalue weighted by molar-refractivity contribution is 5.26. The summed E-state index contributed by atoms with van der Waals surface area (Å²) >= 11 is 0. The lowest BCUT2D eigenvalue weighted by molar-refractivity contribution is 1.04. The Balaban J connectivity index is 0.000000561. The predicted octanol–water partition coefficient (Wildman–Crippen LogP) is 3.84. The van der Waals surface area contributed by atoms with Gasteiger partial charge in [-0.3, -0.25) is 0 Å². The van der Waals surface area contributed by atoms with Gasteiger partial charge in [-0.15, -0.1) is 0 Å². The summed E-state index contributed by atoms with van der Waals surface area (Å²) in [5.74, 6) is 0. The van der Waals surface area contributed by atoms with Gasteiger partial charge in [0.2, 0.25) is 0 Å². The standard InChI is InChI=1S/C10H14.C2H6/c1-3-9-7-5-6-8-10(9)4-2;1-2/h5-8H,3-4H2,1-2H3;1-2H3. The summed E-state index contributed by atoms with van der Waals surface area (Å²) in [5, 5.41) is 0. The van der Waals surface area contributed by atoms with Crippen LogP contribution in [0.3, 0.4) is 0 Å². The zero-order chi connectivity index (χ0) is 9.40. The zero-order valence-electron chi connectivity index (χ0n) is 8.72. The Morgan fingerprint density at radius 1 is 0.833 bits per heavy atom. The summed E-state index contributed by atoms with van der Waals surface area (Å²) in [7, 11) is 0. The van der Waals surface area contributed by atoms with Crippen molar-refractivity contribution in [2.75, 3.05) is 0 Å². The molecule has 0 saturated heterocycles. The molecule has 0 fully saturated rings. The van der Waals surface area contributed by atoms with E-state index >= 15 is 0 Å². The normalized spacial score (nSPS) is 8.67. The quantitative estimate of drug-likeness (QED) is 0.623. The first-order valence-electron chi connectivity index (χ1n) is 4.95. The molecule has 0 N–H and O–H groups in total. The Hall–Kier alpha value is -0.780. The molecule has 0 aliphatic heterocycles. The van der Waals surface area contributed by atoms with E-state index in [0.717, 1.165) is 12.8 Å². The van der Waals surface area contributed by atoms with E-state index in [4.69, 9.17) is 0 Å². The maximum Gasteiger partial charge on any atom is -0.0305 e. The Morgan fingerprint density at radius 2 is 1.17 bits per heavy atom. The van der Waals surface area contributed by atoms with Crippen molar-refractivity contribution in [3.8, 4) is 0 Å². The molecule has 0 aromatic heterocycles. The largest absolute Gasteiger partial charge is 0.0683 e. The van der Waals surface area contributed by atoms with Crippen molar-refractivity contribution in [3.63, 3.8) is 0 Å². The zero-order valence-corrected chi connectivity index (χ0v) is 8.72. The third-order valence-corrected chi connectivity index (χ3v) is 1.88. The van der Waals surface area contributed by atoms with E-state index in [1.807, 2.05) is 13.8 Å². The van der Waals surface area contributed by atoms with Crippen LogP contribution >= 0.6 is 0 Å². The van der Waals surface area contributed by atoms with Gasteiger partial charge in [0.1, 0.15) is 0 Å². The molecule has 0 unspecified atom stereocenters. The minimum atomic E-state index is 1.16. The van der Waals surface area contributed by atoms with Crippen LogP contribution in [0.2, 0.25) is 0 Å². The highest BCUT2D eigenvalue weighted by Crippen LogP contribution is 2.08. The van der Waals surface area contributed by atoms with Gasteiger partial charge in [0.25, 0.3) is 0 Å². The highest BCUT2D eigenvalue weighted by atomic mass is 14.0. The van der Waals surface area contributed by atoms with E-state index < -0.39 is 0 Å². The summed E-state index contributed by atoms with van der Waals surface area (Å²) in [5.41, 5.74) is 2.98. The van der Waals surface area contributed by atoms with Crippen molar-refractivity contribution in [3.05, 3.63) is 35.4 Å². The van der Waals surface area contributed by atoms with Crippen LogP contribution in [0.4, 0.5) is 0 Å². The molecule has 1 aromatic carbocycles. The fourth-order valence-corrected chi connectivity index (χ4v) is 1.25. The summed E-state index contributed by atoms with van der Waals surface area (Å²) < 4.78 is 0. The molecule has 0 aliphatic rings. The molecule has 0 atom stereocenters. The van der Waals surface area contributed by atoms with Crippen molar-refractivity contribution in [1.82, 2.24) is 0 Å². The van der Waals surface area contributed by atoms with Crippen LogP contribution in [-0.2, 0) is 12.8 Å². The lowest BCUT2D eigenvalue weighted by Crippen LogP contribution is -1.88. The van der Waals surface area contributed by atoms with Crippen molar-refractivity contribution < 1.29 is 0 Å². The van der Waals surface area contributed by atoms with Gasteiger partial charge in [0.15, 0.2) is 0 Å². The molecule has 12 heavy (non-hydrogen) atoms. The monoisotopic (exact) mass is 164 g/mol. The molecule has 0 radical (unpaired) electrons. The van der Waals surface area contributed by atoms with E-state index in [1.54, 1.807) is 0 Å². The number of benzene rings is 1. The Bertz CT molecular complexity index is 178. The number of rotatable bonds is 2. The van der Waals surface area contributed by atoms with E-state index in [-0.39, 0.29) is 0 Å². The average molecular weight is 164 g/mol. The fraction of sp³-hybridized carbons (Fsp3) is 0.500. The van der Waals surface area contributed by atoms with E-state index in [2.05, 4.69) is 38.1 Å². The maximum absolute atomic E-state index is 2.21. The summed E-state index contributed by atoms with van der Waals surface area (Å²) in [6, 6.07) is 8.63. The second-order valence-corrected chi connectivity index (χ2v) is 2.48. The molecule has 0 amide bonds. The highest BCUT2D eigenvalue weighted by Gasteiger charge is 1.93. The van der Waals surface area contributed by atoms with Gasteiger partial charge in [0, 0.05) is 0 Å². The van der Waals surface area contributed by atoms with Crippen LogP contribution in [0.15, 0.2) is 24.3 Å². The number of aryl methyl sites for hydroxylation is 2. The van der Waals surface area contributed by atoms with Gasteiger partial charge in [-0.2, -0.15) is 0 Å². The van der Waals surface area contributed by atoms with Gasteiger partial charge in [-0.25, -0.2) is 0 Å². The lowest BCUT2D eigenvalue weighted by Gasteiger charge is -2.02. The molecule has 0 bridgehead atoms. The first kappa shape index (κ1) is 11.2. The Kier molecular flexibility index (Phi) is 6.45. The molecule has 0 spiro atoms. The summed E-state index contributed by atoms with van der Waals surface area (Å²) in [4.78, 5) is 0. The molecule has 0 nitrogen and oxygen atoms in total. The minimum Gasteiger partial charge on any atom is -0.0683 e. The SMILES string of the molecule is CC.CCc1ccccc1CC. The predicted molar refractivity (Wildman–Crippen MR) is 56.5 cm³/mol. The van der Waals surface area contributed by atoms with Crippen LogP contribution < -0.4 is 0 Å². The van der Waals surface area contributed by atoms with E-state index in [0.29, 0.717) is 0 Å². The lowest BCUT2D eigenvalue weighted by atomic mass is 10.0.